The number of allylic oxidation sites excluding steroid dienone is 8. The van der Waals surface area contributed by atoms with Crippen molar-refractivity contribution in [3.63, 3.8) is 0 Å². The van der Waals surface area contributed by atoms with Crippen molar-refractivity contribution < 1.29 is 42.1 Å². The fraction of sp³-hybridized carbons (Fsp3) is 0.767. The SMILES string of the molecule is CCC/C=C/C/C=C/C/C=C/C/C=C/CCCCCC(=O)OC[C@@H](COP(=O)(O)OCC[N+](C)(C)C)OC(=O)CCCCCCCCCCCCCC. The summed E-state index contributed by atoms with van der Waals surface area (Å²) in [6.07, 6.45) is 40.1. The Bertz CT molecular complexity index is 1050. The number of likely N-dealkylation sites (N-methyl/N-ethyl adjacent to an activating group) is 1. The predicted octanol–water partition coefficient (Wildman–Crippen LogP) is 11.5. The standard InChI is InChI=1S/C43H78NO8P/c1-6-8-10-12-14-16-18-20-21-22-23-24-26-27-29-31-33-35-42(45)49-39-41(40-51-53(47,48)50-38-37-44(3,4)5)52-43(46)36-34-32-30-28-25-19-17-15-13-11-9-7-2/h10,12,16,18,21-22,24,26,41H,6-9,11,13-15,17,19-20,23,25,27-40H2,1-5H3/p+1/b12-10+,18-16+,22-21+,26-24+/t41-/m0/s1. The van der Waals surface area contributed by atoms with Crippen molar-refractivity contribution in [2.45, 2.75) is 168 Å². The second-order valence-electron chi connectivity index (χ2n) is 15.0. The van der Waals surface area contributed by atoms with E-state index in [-0.39, 0.29) is 26.1 Å². The van der Waals surface area contributed by atoms with Crippen LogP contribution in [0.1, 0.15) is 162 Å². The zero-order valence-electron chi connectivity index (χ0n) is 34.5. The Morgan fingerprint density at radius 2 is 1.06 bits per heavy atom. The lowest BCUT2D eigenvalue weighted by molar-refractivity contribution is -0.870. The summed E-state index contributed by atoms with van der Waals surface area (Å²) in [6, 6.07) is 0. The fourth-order valence-electron chi connectivity index (χ4n) is 5.30. The molecule has 0 aromatic rings. The van der Waals surface area contributed by atoms with E-state index in [1.54, 1.807) is 0 Å². The fourth-order valence-corrected chi connectivity index (χ4v) is 6.04. The summed E-state index contributed by atoms with van der Waals surface area (Å²) in [7, 11) is 1.45. The van der Waals surface area contributed by atoms with Crippen LogP contribution in [0.25, 0.3) is 0 Å². The normalized spacial score (nSPS) is 14.2. The van der Waals surface area contributed by atoms with Crippen LogP contribution in [0.2, 0.25) is 0 Å². The molecule has 0 aliphatic rings. The lowest BCUT2D eigenvalue weighted by Gasteiger charge is -2.24. The van der Waals surface area contributed by atoms with Gasteiger partial charge in [0.15, 0.2) is 6.10 Å². The van der Waals surface area contributed by atoms with E-state index < -0.39 is 32.5 Å². The molecule has 0 aliphatic heterocycles. The first-order chi connectivity index (χ1) is 25.5. The summed E-state index contributed by atoms with van der Waals surface area (Å²) in [4.78, 5) is 35.3. The van der Waals surface area contributed by atoms with E-state index in [2.05, 4.69) is 62.5 Å². The minimum absolute atomic E-state index is 0.0258. The van der Waals surface area contributed by atoms with Crippen LogP contribution in [0.15, 0.2) is 48.6 Å². The van der Waals surface area contributed by atoms with Gasteiger partial charge in [0.05, 0.1) is 27.7 Å². The Morgan fingerprint density at radius 3 is 1.58 bits per heavy atom. The first-order valence-corrected chi connectivity index (χ1v) is 22.4. The average molecular weight is 769 g/mol. The van der Waals surface area contributed by atoms with E-state index in [0.717, 1.165) is 57.8 Å². The summed E-state index contributed by atoms with van der Waals surface area (Å²) >= 11 is 0. The summed E-state index contributed by atoms with van der Waals surface area (Å²) in [5.74, 6) is -0.836. The minimum Gasteiger partial charge on any atom is -0.462 e. The van der Waals surface area contributed by atoms with Crippen molar-refractivity contribution in [1.29, 1.82) is 0 Å². The molecule has 0 spiro atoms. The van der Waals surface area contributed by atoms with Gasteiger partial charge in [0.1, 0.15) is 19.8 Å². The highest BCUT2D eigenvalue weighted by Gasteiger charge is 2.27. The van der Waals surface area contributed by atoms with Gasteiger partial charge in [0.25, 0.3) is 0 Å². The topological polar surface area (TPSA) is 108 Å². The molecule has 0 aliphatic carbocycles. The molecule has 0 rings (SSSR count). The monoisotopic (exact) mass is 769 g/mol. The van der Waals surface area contributed by atoms with Gasteiger partial charge < -0.3 is 18.9 Å². The molecule has 0 fully saturated rings. The van der Waals surface area contributed by atoms with E-state index in [9.17, 15) is 19.0 Å². The zero-order valence-corrected chi connectivity index (χ0v) is 35.4. The minimum atomic E-state index is -4.38. The molecule has 0 aromatic carbocycles. The van der Waals surface area contributed by atoms with Gasteiger partial charge in [-0.3, -0.25) is 18.6 Å². The first-order valence-electron chi connectivity index (χ1n) is 20.9. The molecular formula is C43H79NO8P+. The van der Waals surface area contributed by atoms with Gasteiger partial charge in [-0.05, 0) is 51.4 Å². The summed E-state index contributed by atoms with van der Waals surface area (Å²) in [5, 5.41) is 0. The van der Waals surface area contributed by atoms with Crippen LogP contribution in [0.5, 0.6) is 0 Å². The Morgan fingerprint density at radius 1 is 0.585 bits per heavy atom. The number of phosphoric acid groups is 1. The van der Waals surface area contributed by atoms with Crippen molar-refractivity contribution in [2.75, 3.05) is 47.5 Å². The zero-order chi connectivity index (χ0) is 39.3. The molecule has 0 saturated carbocycles. The molecule has 10 heteroatoms. The van der Waals surface area contributed by atoms with E-state index >= 15 is 0 Å². The second kappa shape index (κ2) is 35.7. The van der Waals surface area contributed by atoms with Gasteiger partial charge in [-0.15, -0.1) is 0 Å². The molecule has 0 heterocycles. The molecule has 2 atom stereocenters. The molecule has 1 unspecified atom stereocenters. The maximum absolute atomic E-state index is 12.6. The summed E-state index contributed by atoms with van der Waals surface area (Å²) in [6.45, 7) is 4.30. The molecule has 0 bridgehead atoms. The van der Waals surface area contributed by atoms with Crippen molar-refractivity contribution >= 4 is 19.8 Å². The number of esters is 2. The number of unbranched alkanes of at least 4 members (excludes halogenated alkanes) is 15. The third-order valence-corrected chi connectivity index (χ3v) is 9.58. The molecule has 0 radical (unpaired) electrons. The Labute approximate surface area is 324 Å². The predicted molar refractivity (Wildman–Crippen MR) is 220 cm³/mol. The number of quaternary nitrogens is 1. The van der Waals surface area contributed by atoms with Gasteiger partial charge in [-0.25, -0.2) is 4.57 Å². The molecule has 1 N–H and O–H groups in total. The van der Waals surface area contributed by atoms with Crippen molar-refractivity contribution in [1.82, 2.24) is 0 Å². The summed E-state index contributed by atoms with van der Waals surface area (Å²) < 4.78 is 34.2. The maximum Gasteiger partial charge on any atom is 0.472 e. The van der Waals surface area contributed by atoms with Crippen molar-refractivity contribution in [3.8, 4) is 0 Å². The highest BCUT2D eigenvalue weighted by atomic mass is 31.2. The van der Waals surface area contributed by atoms with Crippen LogP contribution in [-0.4, -0.2) is 74.9 Å². The maximum atomic E-state index is 12.6. The molecule has 53 heavy (non-hydrogen) atoms. The quantitative estimate of drug-likeness (QED) is 0.0219. The van der Waals surface area contributed by atoms with E-state index in [1.807, 2.05) is 21.1 Å². The number of carbonyl (C=O) groups is 2. The molecule has 308 valence electrons. The van der Waals surface area contributed by atoms with Gasteiger partial charge in [-0.2, -0.15) is 0 Å². The molecule has 9 nitrogen and oxygen atoms in total. The number of hydrogen-bond acceptors (Lipinski definition) is 7. The molecule has 0 amide bonds. The number of nitrogens with zero attached hydrogens (tertiary/aromatic N) is 1. The second-order valence-corrected chi connectivity index (χ2v) is 16.5. The van der Waals surface area contributed by atoms with Crippen molar-refractivity contribution in [3.05, 3.63) is 48.6 Å². The van der Waals surface area contributed by atoms with Gasteiger partial charge in [0, 0.05) is 12.8 Å². The van der Waals surface area contributed by atoms with Gasteiger partial charge in [-0.1, -0.05) is 146 Å². The molecule has 0 saturated heterocycles. The van der Waals surface area contributed by atoms with Crippen LogP contribution in [0, 0.1) is 0 Å². The van der Waals surface area contributed by atoms with Crippen molar-refractivity contribution in [2.24, 2.45) is 0 Å². The van der Waals surface area contributed by atoms with Gasteiger partial charge >= 0.3 is 19.8 Å². The van der Waals surface area contributed by atoms with Crippen LogP contribution >= 0.6 is 7.82 Å². The number of ether oxygens (including phenoxy) is 2. The molecule has 0 aromatic heterocycles. The van der Waals surface area contributed by atoms with Gasteiger partial charge in [0.2, 0.25) is 0 Å². The largest absolute Gasteiger partial charge is 0.472 e. The Balaban J connectivity index is 4.44. The Hall–Kier alpha value is -2.03. The van der Waals surface area contributed by atoms with E-state index in [0.29, 0.717) is 23.9 Å². The highest BCUT2D eigenvalue weighted by molar-refractivity contribution is 7.47. The number of phosphoric ester groups is 1. The number of carbonyl (C=O) groups excluding carboxylic acids is 2. The Kier molecular flexibility index (Phi) is 34.3. The third-order valence-electron chi connectivity index (χ3n) is 8.59. The lowest BCUT2D eigenvalue weighted by atomic mass is 10.0. The number of rotatable bonds is 37. The number of hydrogen-bond donors (Lipinski definition) is 1. The molecular weight excluding hydrogens is 689 g/mol. The third kappa shape index (κ3) is 39.5. The van der Waals surface area contributed by atoms with Crippen LogP contribution < -0.4 is 0 Å². The van der Waals surface area contributed by atoms with Crippen LogP contribution in [0.3, 0.4) is 0 Å². The summed E-state index contributed by atoms with van der Waals surface area (Å²) in [5.41, 5.74) is 0. The average Bonchev–Trinajstić information content (AvgIpc) is 3.10. The van der Waals surface area contributed by atoms with E-state index in [1.165, 1.54) is 64.2 Å². The van der Waals surface area contributed by atoms with Crippen LogP contribution in [0.4, 0.5) is 0 Å². The van der Waals surface area contributed by atoms with Crippen LogP contribution in [-0.2, 0) is 32.7 Å². The van der Waals surface area contributed by atoms with E-state index in [4.69, 9.17) is 18.5 Å². The smallest absolute Gasteiger partial charge is 0.462 e. The first kappa shape index (κ1) is 51.0. The highest BCUT2D eigenvalue weighted by Crippen LogP contribution is 2.43. The lowest BCUT2D eigenvalue weighted by Crippen LogP contribution is -2.37.